The normalized spacial score (nSPS) is 12.2. The third-order valence-electron chi connectivity index (χ3n) is 5.97. The number of nitrogens with one attached hydrogen (secondary N) is 3. The predicted octanol–water partition coefficient (Wildman–Crippen LogP) is 3.76. The van der Waals surface area contributed by atoms with E-state index in [-0.39, 0.29) is 29.9 Å². The molecule has 9 heteroatoms. The molecule has 35 heavy (non-hydrogen) atoms. The second-order valence-electron chi connectivity index (χ2n) is 8.51. The summed E-state index contributed by atoms with van der Waals surface area (Å²) in [5.41, 5.74) is 12.0. The quantitative estimate of drug-likeness (QED) is 0.354. The molecular formula is C26H25N7O2. The van der Waals surface area contributed by atoms with Crippen LogP contribution < -0.4 is 21.7 Å². The number of anilines is 4. The largest absolute Gasteiger partial charge is 0.384 e. The van der Waals surface area contributed by atoms with Gasteiger partial charge in [-0.2, -0.15) is 0 Å². The molecule has 176 valence electrons. The molecular weight excluding hydrogens is 442 g/mol. The number of imidazole rings is 1. The number of amides is 2. The number of nitrogens with two attached hydrogens (primary N) is 1. The van der Waals surface area contributed by atoms with Crippen LogP contribution in [0.5, 0.6) is 0 Å². The lowest BCUT2D eigenvalue weighted by atomic mass is 10.1. The molecule has 0 spiro atoms. The molecule has 0 atom stereocenters. The van der Waals surface area contributed by atoms with E-state index >= 15 is 0 Å². The summed E-state index contributed by atoms with van der Waals surface area (Å²) in [6.45, 7) is 4.48. The number of carbonyl (C=O) groups excluding carboxylic acids is 2. The van der Waals surface area contributed by atoms with Crippen molar-refractivity contribution in [3.8, 4) is 0 Å². The number of para-hydroxylation sites is 1. The van der Waals surface area contributed by atoms with Crippen molar-refractivity contribution in [3.63, 3.8) is 0 Å². The Morgan fingerprint density at radius 3 is 2.66 bits per heavy atom. The molecule has 2 aromatic heterocycles. The van der Waals surface area contributed by atoms with E-state index in [0.29, 0.717) is 18.1 Å². The molecule has 0 aliphatic carbocycles. The van der Waals surface area contributed by atoms with Crippen LogP contribution in [0.3, 0.4) is 0 Å². The Balaban J connectivity index is 1.33. The minimum absolute atomic E-state index is 0.180. The van der Waals surface area contributed by atoms with E-state index in [1.54, 1.807) is 16.8 Å². The Morgan fingerprint density at radius 2 is 1.89 bits per heavy atom. The highest BCUT2D eigenvalue weighted by molar-refractivity contribution is 6.04. The topological polar surface area (TPSA) is 127 Å². The van der Waals surface area contributed by atoms with Crippen molar-refractivity contribution < 1.29 is 9.59 Å². The average Bonchev–Trinajstić information content (AvgIpc) is 3.19. The van der Waals surface area contributed by atoms with Crippen LogP contribution in [0.2, 0.25) is 0 Å². The molecule has 0 radical (unpaired) electrons. The number of pyridine rings is 1. The van der Waals surface area contributed by atoms with Crippen LogP contribution in [-0.4, -0.2) is 26.3 Å². The second kappa shape index (κ2) is 8.94. The van der Waals surface area contributed by atoms with E-state index in [1.807, 2.05) is 62.4 Å². The van der Waals surface area contributed by atoms with E-state index < -0.39 is 0 Å². The van der Waals surface area contributed by atoms with Gasteiger partial charge in [0.25, 0.3) is 11.8 Å². The van der Waals surface area contributed by atoms with E-state index in [1.165, 1.54) is 0 Å². The van der Waals surface area contributed by atoms with Gasteiger partial charge in [-0.25, -0.2) is 9.97 Å². The van der Waals surface area contributed by atoms with Gasteiger partial charge in [0.2, 0.25) is 0 Å². The summed E-state index contributed by atoms with van der Waals surface area (Å²) in [5, 5.41) is 9.12. The lowest BCUT2D eigenvalue weighted by molar-refractivity contribution is 0.0946. The van der Waals surface area contributed by atoms with Crippen molar-refractivity contribution in [3.05, 3.63) is 94.7 Å². The maximum absolute atomic E-state index is 12.9. The Labute approximate surface area is 202 Å². The highest BCUT2D eigenvalue weighted by Gasteiger charge is 2.24. The number of benzene rings is 2. The molecule has 1 aliphatic rings. The van der Waals surface area contributed by atoms with Crippen LogP contribution in [0, 0.1) is 13.8 Å². The number of carbonyl (C=O) groups is 2. The smallest absolute Gasteiger partial charge is 0.291 e. The fourth-order valence-electron chi connectivity index (χ4n) is 4.20. The van der Waals surface area contributed by atoms with Crippen molar-refractivity contribution in [1.29, 1.82) is 0 Å². The summed E-state index contributed by atoms with van der Waals surface area (Å²) in [6, 6.07) is 17.4. The van der Waals surface area contributed by atoms with Gasteiger partial charge in [0.1, 0.15) is 11.5 Å². The molecule has 9 nitrogen and oxygen atoms in total. The lowest BCUT2D eigenvalue weighted by Gasteiger charge is -2.12. The standard InChI is InChI=1S/C26H25N7O2/c1-15-10-23(27)29-16(2)20(15)12-28-25(34)22-14-33-13-17-8-9-19(30-18-6-4-3-5-7-18)11-21(17)32-26(35)24(33)31-22/h3-11,14,30H,12-13H2,1-2H3,(H2,27,29)(H,28,34)(H,32,35). The molecule has 1 aliphatic heterocycles. The molecule has 5 N–H and O–H groups in total. The zero-order valence-corrected chi connectivity index (χ0v) is 19.4. The molecule has 2 amide bonds. The van der Waals surface area contributed by atoms with Crippen LogP contribution in [-0.2, 0) is 13.1 Å². The Morgan fingerprint density at radius 1 is 1.09 bits per heavy atom. The van der Waals surface area contributed by atoms with E-state index in [0.717, 1.165) is 33.8 Å². The zero-order valence-electron chi connectivity index (χ0n) is 19.4. The van der Waals surface area contributed by atoms with Gasteiger partial charge in [0.15, 0.2) is 5.82 Å². The van der Waals surface area contributed by atoms with Crippen LogP contribution in [0.1, 0.15) is 43.5 Å². The first-order chi connectivity index (χ1) is 16.9. The van der Waals surface area contributed by atoms with Gasteiger partial charge < -0.3 is 26.3 Å². The number of nitrogens with zero attached hydrogens (tertiary/aromatic N) is 3. The first-order valence-corrected chi connectivity index (χ1v) is 11.2. The fraction of sp³-hybridized carbons (Fsp3) is 0.154. The lowest BCUT2D eigenvalue weighted by Crippen LogP contribution is -2.24. The summed E-state index contributed by atoms with van der Waals surface area (Å²) < 4.78 is 1.70. The van der Waals surface area contributed by atoms with Crippen LogP contribution >= 0.6 is 0 Å². The van der Waals surface area contributed by atoms with Crippen molar-refractivity contribution in [2.24, 2.45) is 0 Å². The third kappa shape index (κ3) is 4.56. The number of hydrogen-bond acceptors (Lipinski definition) is 6. The first kappa shape index (κ1) is 22.1. The number of fused-ring (bicyclic) bond motifs is 2. The number of nitrogen functional groups attached to an aromatic ring is 1. The molecule has 4 aromatic rings. The van der Waals surface area contributed by atoms with E-state index in [9.17, 15) is 9.59 Å². The number of aromatic nitrogens is 3. The average molecular weight is 468 g/mol. The van der Waals surface area contributed by atoms with Crippen molar-refractivity contribution in [2.75, 3.05) is 16.4 Å². The number of aryl methyl sites for hydroxylation is 2. The SMILES string of the molecule is Cc1cc(N)nc(C)c1CNC(=O)c1cn2c(n1)C(=O)Nc1cc(Nc3ccccc3)ccc1C2. The van der Waals surface area contributed by atoms with E-state index in [2.05, 4.69) is 25.9 Å². The van der Waals surface area contributed by atoms with Crippen LogP contribution in [0.25, 0.3) is 0 Å². The van der Waals surface area contributed by atoms with Crippen molar-refractivity contribution >= 4 is 34.7 Å². The highest BCUT2D eigenvalue weighted by Crippen LogP contribution is 2.27. The van der Waals surface area contributed by atoms with Gasteiger partial charge in [-0.1, -0.05) is 24.3 Å². The summed E-state index contributed by atoms with van der Waals surface area (Å²) in [6.07, 6.45) is 1.61. The summed E-state index contributed by atoms with van der Waals surface area (Å²) >= 11 is 0. The molecule has 0 bridgehead atoms. The van der Waals surface area contributed by atoms with Gasteiger partial charge >= 0.3 is 0 Å². The number of hydrogen-bond donors (Lipinski definition) is 4. The highest BCUT2D eigenvalue weighted by atomic mass is 16.2. The minimum Gasteiger partial charge on any atom is -0.384 e. The molecule has 0 unspecified atom stereocenters. The predicted molar refractivity (Wildman–Crippen MR) is 135 cm³/mol. The van der Waals surface area contributed by atoms with Crippen molar-refractivity contribution in [2.45, 2.75) is 26.9 Å². The zero-order chi connectivity index (χ0) is 24.5. The molecule has 5 rings (SSSR count). The molecule has 3 heterocycles. The second-order valence-corrected chi connectivity index (χ2v) is 8.51. The minimum atomic E-state index is -0.367. The Kier molecular flexibility index (Phi) is 5.66. The van der Waals surface area contributed by atoms with Gasteiger partial charge in [0.05, 0.1) is 6.54 Å². The maximum Gasteiger partial charge on any atom is 0.291 e. The first-order valence-electron chi connectivity index (χ1n) is 11.2. The van der Waals surface area contributed by atoms with Crippen molar-refractivity contribution in [1.82, 2.24) is 19.9 Å². The fourth-order valence-corrected chi connectivity index (χ4v) is 4.20. The van der Waals surface area contributed by atoms with Crippen LogP contribution in [0.15, 0.2) is 60.8 Å². The monoisotopic (exact) mass is 467 g/mol. The summed E-state index contributed by atoms with van der Waals surface area (Å²) in [4.78, 5) is 34.3. The maximum atomic E-state index is 12.9. The molecule has 0 saturated carbocycles. The Bertz CT molecular complexity index is 1420. The summed E-state index contributed by atoms with van der Waals surface area (Å²) in [5.74, 6) is -0.0988. The molecule has 0 fully saturated rings. The third-order valence-corrected chi connectivity index (χ3v) is 5.97. The van der Waals surface area contributed by atoms with E-state index in [4.69, 9.17) is 5.73 Å². The van der Waals surface area contributed by atoms with Gasteiger partial charge in [-0.15, -0.1) is 0 Å². The Hall–Kier alpha value is -4.66. The number of rotatable bonds is 5. The van der Waals surface area contributed by atoms with Gasteiger partial charge in [-0.05, 0) is 60.9 Å². The molecule has 0 saturated heterocycles. The van der Waals surface area contributed by atoms with Gasteiger partial charge in [0, 0.05) is 35.5 Å². The molecule has 2 aromatic carbocycles. The van der Waals surface area contributed by atoms with Crippen LogP contribution in [0.4, 0.5) is 22.9 Å². The summed E-state index contributed by atoms with van der Waals surface area (Å²) in [7, 11) is 0. The van der Waals surface area contributed by atoms with Gasteiger partial charge in [-0.3, -0.25) is 9.59 Å².